The van der Waals surface area contributed by atoms with Crippen molar-refractivity contribution in [2.24, 2.45) is 5.92 Å². The Morgan fingerprint density at radius 3 is 2.71 bits per heavy atom. The number of aromatic nitrogens is 1. The molecule has 1 aliphatic rings. The van der Waals surface area contributed by atoms with Gasteiger partial charge in [0.1, 0.15) is 5.82 Å². The first-order chi connectivity index (χ1) is 13.4. The summed E-state index contributed by atoms with van der Waals surface area (Å²) in [5.74, 6) is -3.67. The quantitative estimate of drug-likeness (QED) is 0.546. The van der Waals surface area contributed by atoms with Crippen molar-refractivity contribution in [3.8, 4) is 0 Å². The lowest BCUT2D eigenvalue weighted by atomic mass is 9.88. The van der Waals surface area contributed by atoms with Crippen LogP contribution in [0.1, 0.15) is 24.0 Å². The molecule has 1 N–H and O–H groups in total. The third-order valence-electron chi connectivity index (χ3n) is 5.66. The Kier molecular flexibility index (Phi) is 5.39. The fourth-order valence-corrected chi connectivity index (χ4v) is 4.19. The lowest BCUT2D eigenvalue weighted by Gasteiger charge is -2.38. The van der Waals surface area contributed by atoms with Crippen molar-refractivity contribution >= 4 is 22.5 Å². The van der Waals surface area contributed by atoms with E-state index in [-0.39, 0.29) is 12.2 Å². The van der Waals surface area contributed by atoms with Gasteiger partial charge in [-0.15, -0.1) is 0 Å². The number of nitrogens with one attached hydrogen (secondary N) is 1. The van der Waals surface area contributed by atoms with Crippen molar-refractivity contribution in [2.75, 3.05) is 13.1 Å². The maximum Gasteiger partial charge on any atom is 0.253 e. The molecule has 0 unspecified atom stereocenters. The average molecular weight is 407 g/mol. The van der Waals surface area contributed by atoms with Gasteiger partial charge >= 0.3 is 0 Å². The van der Waals surface area contributed by atoms with Crippen LogP contribution in [0.15, 0.2) is 48.7 Å². The summed E-state index contributed by atoms with van der Waals surface area (Å²) in [5.41, 5.74) is 2.94. The first-order valence-corrected chi connectivity index (χ1v) is 9.89. The van der Waals surface area contributed by atoms with Gasteiger partial charge in [-0.05, 0) is 48.2 Å². The molecule has 1 fully saturated rings. The van der Waals surface area contributed by atoms with Crippen LogP contribution < -0.4 is 0 Å². The third kappa shape index (κ3) is 4.20. The highest BCUT2D eigenvalue weighted by Gasteiger charge is 2.43. The summed E-state index contributed by atoms with van der Waals surface area (Å²) in [5, 5.41) is 1.74. The van der Waals surface area contributed by atoms with Crippen molar-refractivity contribution < 1.29 is 13.2 Å². The van der Waals surface area contributed by atoms with Crippen molar-refractivity contribution in [1.29, 1.82) is 0 Å². The maximum atomic E-state index is 14.5. The maximum absolute atomic E-state index is 14.5. The largest absolute Gasteiger partial charge is 0.361 e. The summed E-state index contributed by atoms with van der Waals surface area (Å²) < 4.78 is 42.0. The first kappa shape index (κ1) is 19.3. The molecule has 1 aliphatic heterocycles. The number of alkyl halides is 2. The van der Waals surface area contributed by atoms with E-state index in [0.717, 1.165) is 22.0 Å². The highest BCUT2D eigenvalue weighted by molar-refractivity contribution is 6.31. The Labute approximate surface area is 167 Å². The molecule has 28 heavy (non-hydrogen) atoms. The molecule has 1 saturated heterocycles. The molecule has 6 heteroatoms. The van der Waals surface area contributed by atoms with E-state index in [0.29, 0.717) is 37.5 Å². The minimum absolute atomic E-state index is 0.130. The lowest BCUT2D eigenvalue weighted by Crippen LogP contribution is -2.46. The van der Waals surface area contributed by atoms with Gasteiger partial charge in [0, 0.05) is 54.1 Å². The molecule has 3 aromatic rings. The average Bonchev–Trinajstić information content (AvgIpc) is 3.05. The van der Waals surface area contributed by atoms with Gasteiger partial charge in [-0.25, -0.2) is 13.2 Å². The second kappa shape index (κ2) is 7.80. The standard InChI is InChI=1S/C22H22ClF3N2/c23-18-5-8-20-16(12-27-21(20)11-18)13-28-10-9-22(25,26)17(14-28)4-1-15-2-6-19(24)7-3-15/h2-3,5-8,11-12,17,27H,1,4,9-10,13-14H2/t17-/m1/s1. The van der Waals surface area contributed by atoms with Gasteiger partial charge in [0.25, 0.3) is 5.92 Å². The Balaban J connectivity index is 1.43. The molecule has 0 amide bonds. The number of fused-ring (bicyclic) bond motifs is 1. The molecular weight excluding hydrogens is 385 g/mol. The molecule has 1 aromatic heterocycles. The highest BCUT2D eigenvalue weighted by atomic mass is 35.5. The van der Waals surface area contributed by atoms with Gasteiger partial charge in [-0.3, -0.25) is 4.90 Å². The molecular formula is C22H22ClF3N2. The van der Waals surface area contributed by atoms with Gasteiger partial charge < -0.3 is 4.98 Å². The summed E-state index contributed by atoms with van der Waals surface area (Å²) >= 11 is 6.03. The number of hydrogen-bond acceptors (Lipinski definition) is 1. The summed E-state index contributed by atoms with van der Waals surface area (Å²) in [6, 6.07) is 11.8. The summed E-state index contributed by atoms with van der Waals surface area (Å²) in [6.07, 6.45) is 2.72. The highest BCUT2D eigenvalue weighted by Crippen LogP contribution is 2.37. The Morgan fingerprint density at radius 2 is 1.93 bits per heavy atom. The monoisotopic (exact) mass is 406 g/mol. The summed E-state index contributed by atoms with van der Waals surface area (Å²) in [6.45, 7) is 1.36. The molecule has 0 saturated carbocycles. The molecule has 0 spiro atoms. The van der Waals surface area contributed by atoms with Gasteiger partial charge in [0.05, 0.1) is 0 Å². The number of nitrogens with zero attached hydrogens (tertiary/aromatic N) is 1. The normalized spacial score (nSPS) is 19.9. The van der Waals surface area contributed by atoms with E-state index >= 15 is 0 Å². The molecule has 1 atom stereocenters. The van der Waals surface area contributed by atoms with E-state index in [1.807, 2.05) is 24.4 Å². The van der Waals surface area contributed by atoms with E-state index in [1.54, 1.807) is 12.1 Å². The fraction of sp³-hybridized carbons (Fsp3) is 0.364. The summed E-state index contributed by atoms with van der Waals surface area (Å²) in [4.78, 5) is 5.31. The second-order valence-corrected chi connectivity index (χ2v) is 8.05. The number of benzene rings is 2. The molecule has 0 radical (unpaired) electrons. The van der Waals surface area contributed by atoms with Crippen LogP contribution in [0.4, 0.5) is 13.2 Å². The van der Waals surface area contributed by atoms with Crippen LogP contribution in [0, 0.1) is 11.7 Å². The molecule has 148 valence electrons. The van der Waals surface area contributed by atoms with E-state index in [4.69, 9.17) is 11.6 Å². The first-order valence-electron chi connectivity index (χ1n) is 9.51. The Bertz CT molecular complexity index is 952. The minimum Gasteiger partial charge on any atom is -0.361 e. The zero-order valence-corrected chi connectivity index (χ0v) is 16.2. The SMILES string of the molecule is Fc1ccc(CC[C@@H]2CN(Cc3c[nH]c4cc(Cl)ccc34)CCC2(F)F)cc1. The van der Waals surface area contributed by atoms with E-state index < -0.39 is 11.8 Å². The van der Waals surface area contributed by atoms with Crippen LogP contribution >= 0.6 is 11.6 Å². The zero-order valence-electron chi connectivity index (χ0n) is 15.4. The topological polar surface area (TPSA) is 19.0 Å². The van der Waals surface area contributed by atoms with Crippen LogP contribution in [0.2, 0.25) is 5.02 Å². The molecule has 0 aliphatic carbocycles. The number of hydrogen-bond donors (Lipinski definition) is 1. The van der Waals surface area contributed by atoms with E-state index in [2.05, 4.69) is 9.88 Å². The lowest BCUT2D eigenvalue weighted by molar-refractivity contribution is -0.109. The number of piperidine rings is 1. The predicted molar refractivity (Wildman–Crippen MR) is 106 cm³/mol. The Hall–Kier alpha value is -1.98. The number of likely N-dealkylation sites (tertiary alicyclic amines) is 1. The smallest absolute Gasteiger partial charge is 0.253 e. The van der Waals surface area contributed by atoms with Crippen molar-refractivity contribution in [3.63, 3.8) is 0 Å². The number of aromatic amines is 1. The fourth-order valence-electron chi connectivity index (χ4n) is 4.02. The van der Waals surface area contributed by atoms with E-state index in [1.165, 1.54) is 12.1 Å². The number of H-pyrrole nitrogens is 1. The summed E-state index contributed by atoms with van der Waals surface area (Å²) in [7, 11) is 0. The van der Waals surface area contributed by atoms with Gasteiger partial charge in [0.15, 0.2) is 0 Å². The van der Waals surface area contributed by atoms with Gasteiger partial charge in [-0.2, -0.15) is 0 Å². The number of halogens is 4. The van der Waals surface area contributed by atoms with Crippen LogP contribution in [-0.4, -0.2) is 28.9 Å². The van der Waals surface area contributed by atoms with Gasteiger partial charge in [0.2, 0.25) is 0 Å². The third-order valence-corrected chi connectivity index (χ3v) is 5.89. The van der Waals surface area contributed by atoms with Crippen molar-refractivity contribution in [2.45, 2.75) is 31.7 Å². The minimum atomic E-state index is -2.66. The van der Waals surface area contributed by atoms with Crippen LogP contribution in [0.5, 0.6) is 0 Å². The predicted octanol–water partition coefficient (Wildman–Crippen LogP) is 6.05. The molecule has 2 nitrogen and oxygen atoms in total. The van der Waals surface area contributed by atoms with Crippen molar-refractivity contribution in [3.05, 3.63) is 70.6 Å². The van der Waals surface area contributed by atoms with E-state index in [9.17, 15) is 13.2 Å². The van der Waals surface area contributed by atoms with Crippen LogP contribution in [-0.2, 0) is 13.0 Å². The van der Waals surface area contributed by atoms with Crippen LogP contribution in [0.3, 0.4) is 0 Å². The molecule has 4 rings (SSSR count). The van der Waals surface area contributed by atoms with Gasteiger partial charge in [-0.1, -0.05) is 29.8 Å². The van der Waals surface area contributed by atoms with Crippen LogP contribution in [0.25, 0.3) is 10.9 Å². The molecule has 0 bridgehead atoms. The molecule has 2 heterocycles. The zero-order chi connectivity index (χ0) is 19.7. The molecule has 2 aromatic carbocycles. The number of rotatable bonds is 5. The Morgan fingerprint density at radius 1 is 1.14 bits per heavy atom. The second-order valence-electron chi connectivity index (χ2n) is 7.61. The number of aryl methyl sites for hydroxylation is 1. The van der Waals surface area contributed by atoms with Crippen molar-refractivity contribution in [1.82, 2.24) is 9.88 Å².